The third-order valence-corrected chi connectivity index (χ3v) is 3.04. The number of aliphatic carboxylic acids is 1. The zero-order valence-electron chi connectivity index (χ0n) is 11.0. The molecule has 21 heavy (non-hydrogen) atoms. The zero-order valence-corrected chi connectivity index (χ0v) is 12.6. The summed E-state index contributed by atoms with van der Waals surface area (Å²) in [6, 6.07) is 5.45. The number of hydrogen-bond acceptors (Lipinski definition) is 4. The summed E-state index contributed by atoms with van der Waals surface area (Å²) in [4.78, 5) is 34.1. The van der Waals surface area contributed by atoms with Gasteiger partial charge in [0.1, 0.15) is 6.04 Å². The third-order valence-electron chi connectivity index (χ3n) is 2.55. The van der Waals surface area contributed by atoms with Crippen molar-refractivity contribution in [3.05, 3.63) is 34.3 Å². The summed E-state index contributed by atoms with van der Waals surface area (Å²) in [6.45, 7) is -0.706. The molecule has 1 aromatic carbocycles. The van der Waals surface area contributed by atoms with Crippen LogP contribution < -0.4 is 10.6 Å². The van der Waals surface area contributed by atoms with Crippen LogP contribution in [0.5, 0.6) is 0 Å². The number of hydrogen-bond donors (Lipinski definition) is 4. The quantitative estimate of drug-likeness (QED) is 0.552. The lowest BCUT2D eigenvalue weighted by atomic mass is 10.2. The molecule has 4 N–H and O–H groups in total. The first kappa shape index (κ1) is 17.1. The highest BCUT2D eigenvalue weighted by molar-refractivity contribution is 9.10. The standard InChI is InChI=1S/C13H15BrN2O5/c14-9-3-1-2-8(6-9)12(19)15-7-11(18)16-10(4-5-17)13(20)21/h1-3,6,10,17H,4-5,7H2,(H,15,19)(H,16,18)(H,20,21). The summed E-state index contributed by atoms with van der Waals surface area (Å²) in [5.41, 5.74) is 0.377. The maximum absolute atomic E-state index is 11.8. The Balaban J connectivity index is 2.49. The van der Waals surface area contributed by atoms with Gasteiger partial charge >= 0.3 is 5.97 Å². The minimum Gasteiger partial charge on any atom is -0.480 e. The Bertz CT molecular complexity index is 535. The van der Waals surface area contributed by atoms with Gasteiger partial charge in [-0.05, 0) is 18.2 Å². The number of halogens is 1. The van der Waals surface area contributed by atoms with E-state index in [2.05, 4.69) is 26.6 Å². The molecule has 0 saturated carbocycles. The number of aliphatic hydroxyl groups is 1. The Morgan fingerprint density at radius 3 is 2.57 bits per heavy atom. The van der Waals surface area contributed by atoms with Crippen molar-refractivity contribution in [1.29, 1.82) is 0 Å². The van der Waals surface area contributed by atoms with Crippen LogP contribution in [0.1, 0.15) is 16.8 Å². The fourth-order valence-electron chi connectivity index (χ4n) is 1.52. The molecule has 7 nitrogen and oxygen atoms in total. The fourth-order valence-corrected chi connectivity index (χ4v) is 1.92. The zero-order chi connectivity index (χ0) is 15.8. The van der Waals surface area contributed by atoms with Crippen LogP contribution in [0.4, 0.5) is 0 Å². The second-order valence-corrected chi connectivity index (χ2v) is 5.08. The highest BCUT2D eigenvalue weighted by atomic mass is 79.9. The molecule has 0 aliphatic rings. The van der Waals surface area contributed by atoms with Crippen molar-refractivity contribution in [2.24, 2.45) is 0 Å². The van der Waals surface area contributed by atoms with Gasteiger partial charge in [0, 0.05) is 23.1 Å². The van der Waals surface area contributed by atoms with Gasteiger partial charge in [0.25, 0.3) is 5.91 Å². The second-order valence-electron chi connectivity index (χ2n) is 4.16. The Labute approximate surface area is 129 Å². The van der Waals surface area contributed by atoms with Gasteiger partial charge in [-0.15, -0.1) is 0 Å². The molecule has 0 aromatic heterocycles. The van der Waals surface area contributed by atoms with Gasteiger partial charge in [-0.2, -0.15) is 0 Å². The number of amides is 2. The van der Waals surface area contributed by atoms with Crippen LogP contribution >= 0.6 is 15.9 Å². The second kappa shape index (κ2) is 8.38. The summed E-state index contributed by atoms with van der Waals surface area (Å²) >= 11 is 3.23. The highest BCUT2D eigenvalue weighted by Crippen LogP contribution is 2.11. The van der Waals surface area contributed by atoms with Gasteiger partial charge < -0.3 is 20.8 Å². The molecule has 0 radical (unpaired) electrons. The Kier molecular flexibility index (Phi) is 6.83. The predicted molar refractivity (Wildman–Crippen MR) is 77.7 cm³/mol. The van der Waals surface area contributed by atoms with E-state index in [1.807, 2.05) is 0 Å². The lowest BCUT2D eigenvalue weighted by Gasteiger charge is -2.13. The van der Waals surface area contributed by atoms with E-state index in [0.29, 0.717) is 5.56 Å². The molecule has 0 saturated heterocycles. The van der Waals surface area contributed by atoms with Crippen LogP contribution in [0.3, 0.4) is 0 Å². The molecular weight excluding hydrogens is 344 g/mol. The molecule has 1 unspecified atom stereocenters. The van der Waals surface area contributed by atoms with Crippen molar-refractivity contribution >= 4 is 33.7 Å². The third kappa shape index (κ3) is 5.92. The van der Waals surface area contributed by atoms with Crippen LogP contribution in [-0.2, 0) is 9.59 Å². The summed E-state index contributed by atoms with van der Waals surface area (Å²) in [5, 5.41) is 22.1. The lowest BCUT2D eigenvalue weighted by Crippen LogP contribution is -2.45. The summed E-state index contributed by atoms with van der Waals surface area (Å²) in [5.74, 6) is -2.32. The Morgan fingerprint density at radius 2 is 2.00 bits per heavy atom. The van der Waals surface area contributed by atoms with E-state index in [1.165, 1.54) is 0 Å². The van der Waals surface area contributed by atoms with Crippen molar-refractivity contribution in [2.45, 2.75) is 12.5 Å². The van der Waals surface area contributed by atoms with E-state index >= 15 is 0 Å². The topological polar surface area (TPSA) is 116 Å². The number of carbonyl (C=O) groups is 3. The number of carbonyl (C=O) groups excluding carboxylic acids is 2. The molecule has 8 heteroatoms. The molecule has 0 heterocycles. The van der Waals surface area contributed by atoms with Crippen LogP contribution in [-0.4, -0.2) is 47.2 Å². The molecule has 0 bridgehead atoms. The lowest BCUT2D eigenvalue weighted by molar-refractivity contribution is -0.142. The molecule has 0 fully saturated rings. The Hall–Kier alpha value is -1.93. The first-order valence-electron chi connectivity index (χ1n) is 6.11. The van der Waals surface area contributed by atoms with E-state index in [-0.39, 0.29) is 19.6 Å². The SMILES string of the molecule is O=C(CNC(=O)c1cccc(Br)c1)NC(CCO)C(=O)O. The van der Waals surface area contributed by atoms with Gasteiger partial charge in [-0.25, -0.2) is 4.79 Å². The van der Waals surface area contributed by atoms with Gasteiger partial charge in [0.15, 0.2) is 0 Å². The van der Waals surface area contributed by atoms with Crippen LogP contribution in [0.2, 0.25) is 0 Å². The molecule has 1 rings (SSSR count). The first-order chi connectivity index (χ1) is 9.93. The number of rotatable bonds is 7. The van der Waals surface area contributed by atoms with E-state index in [9.17, 15) is 14.4 Å². The molecule has 1 aromatic rings. The summed E-state index contributed by atoms with van der Waals surface area (Å²) in [7, 11) is 0. The van der Waals surface area contributed by atoms with Crippen molar-refractivity contribution in [3.8, 4) is 0 Å². The maximum atomic E-state index is 11.8. The number of carboxylic acids is 1. The van der Waals surface area contributed by atoms with Gasteiger partial charge in [0.2, 0.25) is 5.91 Å². The minimum atomic E-state index is -1.24. The van der Waals surface area contributed by atoms with Gasteiger partial charge in [-0.3, -0.25) is 9.59 Å². The number of aliphatic hydroxyl groups excluding tert-OH is 1. The molecule has 0 aliphatic heterocycles. The van der Waals surface area contributed by atoms with Crippen LogP contribution in [0.25, 0.3) is 0 Å². The largest absolute Gasteiger partial charge is 0.480 e. The maximum Gasteiger partial charge on any atom is 0.326 e. The molecule has 0 aliphatic carbocycles. The van der Waals surface area contributed by atoms with E-state index in [4.69, 9.17) is 10.2 Å². The fraction of sp³-hybridized carbons (Fsp3) is 0.308. The van der Waals surface area contributed by atoms with Gasteiger partial charge in [0.05, 0.1) is 6.54 Å². The molecular formula is C13H15BrN2O5. The van der Waals surface area contributed by atoms with Crippen molar-refractivity contribution < 1.29 is 24.6 Å². The summed E-state index contributed by atoms with van der Waals surface area (Å²) < 4.78 is 0.730. The van der Waals surface area contributed by atoms with Crippen LogP contribution in [0.15, 0.2) is 28.7 Å². The highest BCUT2D eigenvalue weighted by Gasteiger charge is 2.19. The van der Waals surface area contributed by atoms with Crippen molar-refractivity contribution in [3.63, 3.8) is 0 Å². The number of carboxylic acid groups (broad SMARTS) is 1. The predicted octanol–water partition coefficient (Wildman–Crippen LogP) is 0.131. The normalized spacial score (nSPS) is 11.5. The average Bonchev–Trinajstić information content (AvgIpc) is 2.44. The van der Waals surface area contributed by atoms with Crippen molar-refractivity contribution in [2.75, 3.05) is 13.2 Å². The monoisotopic (exact) mass is 358 g/mol. The number of benzene rings is 1. The van der Waals surface area contributed by atoms with Gasteiger partial charge in [-0.1, -0.05) is 22.0 Å². The molecule has 1 atom stereocenters. The molecule has 0 spiro atoms. The van der Waals surface area contributed by atoms with Crippen LogP contribution in [0, 0.1) is 0 Å². The Morgan fingerprint density at radius 1 is 1.29 bits per heavy atom. The van der Waals surface area contributed by atoms with E-state index in [1.54, 1.807) is 24.3 Å². The first-order valence-corrected chi connectivity index (χ1v) is 6.90. The smallest absolute Gasteiger partial charge is 0.326 e. The number of nitrogens with one attached hydrogen (secondary N) is 2. The average molecular weight is 359 g/mol. The molecule has 2 amide bonds. The minimum absolute atomic E-state index is 0.0966. The van der Waals surface area contributed by atoms with Crippen molar-refractivity contribution in [1.82, 2.24) is 10.6 Å². The van der Waals surface area contributed by atoms with E-state index < -0.39 is 23.8 Å². The van der Waals surface area contributed by atoms with E-state index in [0.717, 1.165) is 4.47 Å². The molecule has 114 valence electrons. The summed E-state index contributed by atoms with van der Waals surface area (Å²) in [6.07, 6.45) is -0.0966.